The first-order valence-electron chi connectivity index (χ1n) is 8.45. The molecule has 0 radical (unpaired) electrons. The van der Waals surface area contributed by atoms with E-state index in [1.807, 2.05) is 51.1 Å². The van der Waals surface area contributed by atoms with Crippen molar-refractivity contribution in [2.75, 3.05) is 6.61 Å². The van der Waals surface area contributed by atoms with Crippen LogP contribution in [0.3, 0.4) is 0 Å². The predicted molar refractivity (Wildman–Crippen MR) is 94.3 cm³/mol. The summed E-state index contributed by atoms with van der Waals surface area (Å²) in [6.45, 7) is 7.82. The number of carbonyl (C=O) groups is 2. The largest absolute Gasteiger partial charge is 0.463 e. The van der Waals surface area contributed by atoms with Crippen molar-refractivity contribution in [3.63, 3.8) is 0 Å². The van der Waals surface area contributed by atoms with E-state index in [1.54, 1.807) is 6.92 Å². The van der Waals surface area contributed by atoms with Crippen LogP contribution in [0.1, 0.15) is 52.0 Å². The van der Waals surface area contributed by atoms with E-state index >= 15 is 0 Å². The molecule has 1 aromatic carbocycles. The van der Waals surface area contributed by atoms with Gasteiger partial charge in [0.25, 0.3) is 0 Å². The van der Waals surface area contributed by atoms with Crippen LogP contribution in [-0.4, -0.2) is 18.4 Å². The number of esters is 1. The molecule has 0 spiro atoms. The maximum atomic E-state index is 12.8. The van der Waals surface area contributed by atoms with Crippen molar-refractivity contribution in [1.82, 2.24) is 5.32 Å². The molecule has 0 aliphatic carbocycles. The van der Waals surface area contributed by atoms with Crippen LogP contribution in [0.25, 0.3) is 0 Å². The van der Waals surface area contributed by atoms with Crippen LogP contribution in [0.4, 0.5) is 0 Å². The molecule has 1 aromatic rings. The summed E-state index contributed by atoms with van der Waals surface area (Å²) >= 11 is 0. The van der Waals surface area contributed by atoms with Gasteiger partial charge in [0.1, 0.15) is 0 Å². The Balaban J connectivity index is 2.59. The number of hydrogen-bond donors (Lipinski definition) is 1. The lowest BCUT2D eigenvalue weighted by molar-refractivity contribution is -0.138. The maximum Gasteiger partial charge on any atom is 0.336 e. The van der Waals surface area contributed by atoms with Crippen molar-refractivity contribution in [3.05, 3.63) is 58.4 Å². The summed E-state index contributed by atoms with van der Waals surface area (Å²) in [6.07, 6.45) is 1.24. The SMILES string of the molecule is CCCC(=O)C1=C(C)NC(C)=C(C(=O)OCC)C1c1ccccc1. The second-order valence-corrected chi connectivity index (χ2v) is 5.94. The minimum absolute atomic E-state index is 0.0747. The number of ketones is 1. The van der Waals surface area contributed by atoms with E-state index in [0.29, 0.717) is 24.2 Å². The van der Waals surface area contributed by atoms with E-state index in [1.165, 1.54) is 0 Å². The van der Waals surface area contributed by atoms with Gasteiger partial charge in [-0.1, -0.05) is 37.3 Å². The fraction of sp³-hybridized carbons (Fsp3) is 0.400. The average molecular weight is 327 g/mol. The third kappa shape index (κ3) is 3.58. The zero-order valence-corrected chi connectivity index (χ0v) is 14.8. The molecule has 1 unspecified atom stereocenters. The van der Waals surface area contributed by atoms with E-state index in [0.717, 1.165) is 23.4 Å². The summed E-state index contributed by atoms with van der Waals surface area (Å²) in [7, 11) is 0. The lowest BCUT2D eigenvalue weighted by atomic mass is 9.78. The highest BCUT2D eigenvalue weighted by Crippen LogP contribution is 2.39. The molecule has 1 aliphatic heterocycles. The summed E-state index contributed by atoms with van der Waals surface area (Å²) in [5, 5.41) is 3.20. The summed E-state index contributed by atoms with van der Waals surface area (Å²) in [6, 6.07) is 9.68. The molecule has 0 aromatic heterocycles. The highest BCUT2D eigenvalue weighted by Gasteiger charge is 2.36. The van der Waals surface area contributed by atoms with Crippen molar-refractivity contribution < 1.29 is 14.3 Å². The van der Waals surface area contributed by atoms with E-state index < -0.39 is 0 Å². The van der Waals surface area contributed by atoms with E-state index in [-0.39, 0.29) is 17.7 Å². The standard InChI is InChI=1S/C20H25NO3/c1-5-10-16(22)17-13(3)21-14(4)18(20(23)24-6-2)19(17)15-11-8-7-9-12-15/h7-9,11-12,19,21H,5-6,10H2,1-4H3. The summed E-state index contributed by atoms with van der Waals surface area (Å²) in [4.78, 5) is 25.3. The zero-order valence-electron chi connectivity index (χ0n) is 14.8. The van der Waals surface area contributed by atoms with Crippen LogP contribution in [0.15, 0.2) is 52.9 Å². The lowest BCUT2D eigenvalue weighted by Crippen LogP contribution is -2.31. The summed E-state index contributed by atoms with van der Waals surface area (Å²) < 4.78 is 5.26. The molecular formula is C20H25NO3. The van der Waals surface area contributed by atoms with Gasteiger partial charge in [0, 0.05) is 29.3 Å². The number of nitrogens with one attached hydrogen (secondary N) is 1. The molecule has 1 aliphatic rings. The smallest absolute Gasteiger partial charge is 0.336 e. The highest BCUT2D eigenvalue weighted by atomic mass is 16.5. The van der Waals surface area contributed by atoms with Crippen molar-refractivity contribution in [2.24, 2.45) is 0 Å². The Kier molecular flexibility index (Phi) is 5.96. The molecule has 128 valence electrons. The molecule has 4 heteroatoms. The monoisotopic (exact) mass is 327 g/mol. The molecule has 0 saturated heterocycles. The number of Topliss-reactive ketones (excluding diaryl/α,β-unsaturated/α-hetero) is 1. The molecular weight excluding hydrogens is 302 g/mol. The van der Waals surface area contributed by atoms with Gasteiger partial charge < -0.3 is 10.1 Å². The molecule has 0 fully saturated rings. The normalized spacial score (nSPS) is 17.6. The number of carbonyl (C=O) groups excluding carboxylic acids is 2. The first kappa shape index (κ1) is 18.0. The van der Waals surface area contributed by atoms with E-state index in [2.05, 4.69) is 5.32 Å². The van der Waals surface area contributed by atoms with E-state index in [4.69, 9.17) is 4.74 Å². The van der Waals surface area contributed by atoms with Gasteiger partial charge in [-0.15, -0.1) is 0 Å². The van der Waals surface area contributed by atoms with Crippen LogP contribution >= 0.6 is 0 Å². The Morgan fingerprint density at radius 1 is 1.04 bits per heavy atom. The lowest BCUT2D eigenvalue weighted by Gasteiger charge is -2.31. The number of dihydropyridines is 1. The first-order valence-corrected chi connectivity index (χ1v) is 8.45. The molecule has 0 saturated carbocycles. The van der Waals surface area contributed by atoms with E-state index in [9.17, 15) is 9.59 Å². The van der Waals surface area contributed by atoms with Gasteiger partial charge in [-0.2, -0.15) is 0 Å². The Morgan fingerprint density at radius 3 is 2.25 bits per heavy atom. The third-order valence-electron chi connectivity index (χ3n) is 4.17. The Morgan fingerprint density at radius 2 is 1.67 bits per heavy atom. The second-order valence-electron chi connectivity index (χ2n) is 5.94. The van der Waals surface area contributed by atoms with Gasteiger partial charge in [0.05, 0.1) is 12.2 Å². The Labute approximate surface area is 143 Å². The molecule has 1 atom stereocenters. The fourth-order valence-corrected chi connectivity index (χ4v) is 3.18. The third-order valence-corrected chi connectivity index (χ3v) is 4.17. The van der Waals surface area contributed by atoms with Crippen molar-refractivity contribution in [3.8, 4) is 0 Å². The highest BCUT2D eigenvalue weighted by molar-refractivity contribution is 6.03. The Hall–Kier alpha value is -2.36. The fourth-order valence-electron chi connectivity index (χ4n) is 3.18. The van der Waals surface area contributed by atoms with Crippen molar-refractivity contribution in [1.29, 1.82) is 0 Å². The molecule has 1 heterocycles. The van der Waals surface area contributed by atoms with Gasteiger partial charge in [-0.25, -0.2) is 4.79 Å². The van der Waals surface area contributed by atoms with Crippen LogP contribution in [-0.2, 0) is 14.3 Å². The molecule has 0 bridgehead atoms. The predicted octanol–water partition coefficient (Wildman–Crippen LogP) is 3.85. The van der Waals surface area contributed by atoms with Gasteiger partial charge in [0.2, 0.25) is 0 Å². The van der Waals surface area contributed by atoms with Crippen LogP contribution in [0.2, 0.25) is 0 Å². The molecule has 2 rings (SSSR count). The molecule has 24 heavy (non-hydrogen) atoms. The van der Waals surface area contributed by atoms with Gasteiger partial charge in [-0.05, 0) is 32.8 Å². The second kappa shape index (κ2) is 7.95. The van der Waals surface area contributed by atoms with Crippen molar-refractivity contribution in [2.45, 2.75) is 46.5 Å². The first-order chi connectivity index (χ1) is 11.5. The number of ether oxygens (including phenoxy) is 1. The molecule has 0 amide bonds. The maximum absolute atomic E-state index is 12.8. The summed E-state index contributed by atoms with van der Waals surface area (Å²) in [5.74, 6) is -0.679. The number of allylic oxidation sites excluding steroid dienone is 3. The Bertz CT molecular complexity index is 646. The van der Waals surface area contributed by atoms with Crippen LogP contribution in [0.5, 0.6) is 0 Å². The number of hydrogen-bond acceptors (Lipinski definition) is 4. The zero-order chi connectivity index (χ0) is 17.7. The topological polar surface area (TPSA) is 55.4 Å². The van der Waals surface area contributed by atoms with Crippen LogP contribution < -0.4 is 5.32 Å². The van der Waals surface area contributed by atoms with Gasteiger partial charge >= 0.3 is 5.97 Å². The van der Waals surface area contributed by atoms with Crippen LogP contribution in [0, 0.1) is 0 Å². The summed E-state index contributed by atoms with van der Waals surface area (Å²) in [5.41, 5.74) is 3.67. The average Bonchev–Trinajstić information content (AvgIpc) is 2.55. The molecule has 4 nitrogen and oxygen atoms in total. The molecule has 1 N–H and O–H groups in total. The minimum Gasteiger partial charge on any atom is -0.463 e. The van der Waals surface area contributed by atoms with Gasteiger partial charge in [-0.3, -0.25) is 4.79 Å². The minimum atomic E-state index is -0.384. The van der Waals surface area contributed by atoms with Gasteiger partial charge in [0.15, 0.2) is 5.78 Å². The van der Waals surface area contributed by atoms with Crippen molar-refractivity contribution >= 4 is 11.8 Å². The number of rotatable bonds is 6. The quantitative estimate of drug-likeness (QED) is 0.806. The number of benzene rings is 1.